The summed E-state index contributed by atoms with van der Waals surface area (Å²) in [4.78, 5) is 32.8. The topological polar surface area (TPSA) is 79.1 Å². The molecule has 0 fully saturated rings. The van der Waals surface area contributed by atoms with Crippen LogP contribution < -0.4 is 24.4 Å². The van der Waals surface area contributed by atoms with Gasteiger partial charge in [-0.25, -0.2) is 9.79 Å². The van der Waals surface area contributed by atoms with Gasteiger partial charge in [-0.05, 0) is 60.5 Å². The molecule has 0 N–H and O–H groups in total. The highest BCUT2D eigenvalue weighted by Crippen LogP contribution is 2.40. The standard InChI is InChI=1S/C35H29ClN2O5S/c1-4-42-34(40)30-21(2)37-35-38(32(30)31-26-11-7-5-9-23(26)15-18-28(31)41-3)33(39)29(44-35)19-22-13-16-25(17-14-22)43-20-24-10-6-8-12-27(24)36/h5-19,32H,4,20H2,1-3H3/b29-19+/t32-/m0/s1. The van der Waals surface area contributed by atoms with Gasteiger partial charge in [-0.15, -0.1) is 0 Å². The molecular formula is C35H29ClN2O5S. The van der Waals surface area contributed by atoms with Crippen LogP contribution in [0.4, 0.5) is 0 Å². The minimum Gasteiger partial charge on any atom is -0.496 e. The van der Waals surface area contributed by atoms with E-state index in [1.165, 1.54) is 11.3 Å². The number of esters is 1. The highest BCUT2D eigenvalue weighted by atomic mass is 35.5. The van der Waals surface area contributed by atoms with Gasteiger partial charge in [0.2, 0.25) is 0 Å². The van der Waals surface area contributed by atoms with Crippen molar-refractivity contribution in [2.24, 2.45) is 4.99 Å². The summed E-state index contributed by atoms with van der Waals surface area (Å²) in [6, 6.07) is 25.9. The molecule has 0 saturated heterocycles. The van der Waals surface area contributed by atoms with E-state index in [9.17, 15) is 9.59 Å². The number of methoxy groups -OCH3 is 1. The summed E-state index contributed by atoms with van der Waals surface area (Å²) in [5.74, 6) is 0.726. The molecule has 5 aromatic rings. The number of carbonyl (C=O) groups excluding carboxylic acids is 1. The van der Waals surface area contributed by atoms with Crippen LogP contribution in [0.5, 0.6) is 11.5 Å². The van der Waals surface area contributed by atoms with E-state index in [1.54, 1.807) is 25.5 Å². The Hall–Kier alpha value is -4.66. The lowest BCUT2D eigenvalue weighted by molar-refractivity contribution is -0.139. The van der Waals surface area contributed by atoms with E-state index in [4.69, 9.17) is 30.8 Å². The molecule has 0 saturated carbocycles. The highest BCUT2D eigenvalue weighted by Gasteiger charge is 2.36. The van der Waals surface area contributed by atoms with E-state index in [0.717, 1.165) is 21.9 Å². The Morgan fingerprint density at radius 3 is 2.52 bits per heavy atom. The summed E-state index contributed by atoms with van der Waals surface area (Å²) in [7, 11) is 1.58. The molecule has 7 nitrogen and oxygen atoms in total. The van der Waals surface area contributed by atoms with Gasteiger partial charge in [0.25, 0.3) is 5.56 Å². The average Bonchev–Trinajstić information content (AvgIpc) is 3.34. The number of rotatable bonds is 8. The number of hydrogen-bond donors (Lipinski definition) is 0. The molecule has 9 heteroatoms. The number of benzene rings is 4. The number of aromatic nitrogens is 1. The Kier molecular flexibility index (Phi) is 8.37. The number of thiazole rings is 1. The predicted molar refractivity (Wildman–Crippen MR) is 173 cm³/mol. The largest absolute Gasteiger partial charge is 0.496 e. The third-order valence-corrected chi connectivity index (χ3v) is 8.82. The zero-order valence-electron chi connectivity index (χ0n) is 24.4. The summed E-state index contributed by atoms with van der Waals surface area (Å²) in [6.45, 7) is 4.06. The molecule has 1 aliphatic heterocycles. The Balaban J connectivity index is 1.44. The van der Waals surface area contributed by atoms with Crippen molar-refractivity contribution in [1.29, 1.82) is 0 Å². The van der Waals surface area contributed by atoms with E-state index < -0.39 is 12.0 Å². The summed E-state index contributed by atoms with van der Waals surface area (Å²) in [5, 5.41) is 2.48. The summed E-state index contributed by atoms with van der Waals surface area (Å²) in [6.07, 6.45) is 1.82. The first-order chi connectivity index (χ1) is 21.4. The predicted octanol–water partition coefficient (Wildman–Crippen LogP) is 6.19. The highest BCUT2D eigenvalue weighted by molar-refractivity contribution is 7.07. The number of nitrogens with zero attached hydrogens (tertiary/aromatic N) is 2. The van der Waals surface area contributed by atoms with E-state index in [0.29, 0.717) is 49.3 Å². The van der Waals surface area contributed by atoms with Crippen LogP contribution in [0.2, 0.25) is 5.02 Å². The molecule has 0 unspecified atom stereocenters. The van der Waals surface area contributed by atoms with Gasteiger partial charge < -0.3 is 14.2 Å². The molecule has 0 spiro atoms. The van der Waals surface area contributed by atoms with Crippen molar-refractivity contribution in [2.45, 2.75) is 26.5 Å². The molecule has 0 bridgehead atoms. The number of carbonyl (C=O) groups is 1. The van der Waals surface area contributed by atoms with Crippen molar-refractivity contribution in [2.75, 3.05) is 13.7 Å². The maximum atomic E-state index is 14.2. The quantitative estimate of drug-likeness (QED) is 0.192. The SMILES string of the molecule is CCOC(=O)C1=C(C)N=c2s/c(=C/c3ccc(OCc4ccccc4Cl)cc3)c(=O)n2[C@@H]1c1c(OC)ccc2ccccc12. The molecule has 0 radical (unpaired) electrons. The van der Waals surface area contributed by atoms with Gasteiger partial charge in [-0.1, -0.05) is 83.6 Å². The lowest BCUT2D eigenvalue weighted by Crippen LogP contribution is -2.40. The molecule has 1 aromatic heterocycles. The first-order valence-corrected chi connectivity index (χ1v) is 15.3. The maximum absolute atomic E-state index is 14.2. The van der Waals surface area contributed by atoms with Gasteiger partial charge in [-0.3, -0.25) is 9.36 Å². The number of allylic oxidation sites excluding steroid dienone is 1. The van der Waals surface area contributed by atoms with Crippen molar-refractivity contribution in [3.8, 4) is 11.5 Å². The number of halogens is 1. The third-order valence-electron chi connectivity index (χ3n) is 7.47. The van der Waals surface area contributed by atoms with Crippen molar-refractivity contribution in [3.05, 3.63) is 138 Å². The second-order valence-electron chi connectivity index (χ2n) is 10.2. The third kappa shape index (κ3) is 5.54. The zero-order chi connectivity index (χ0) is 30.8. The van der Waals surface area contributed by atoms with Gasteiger partial charge in [0.1, 0.15) is 24.1 Å². The second kappa shape index (κ2) is 12.5. The minimum absolute atomic E-state index is 0.192. The Morgan fingerprint density at radius 1 is 1.02 bits per heavy atom. The van der Waals surface area contributed by atoms with Crippen LogP contribution in [-0.4, -0.2) is 24.3 Å². The minimum atomic E-state index is -0.797. The number of fused-ring (bicyclic) bond motifs is 2. The van der Waals surface area contributed by atoms with Crippen LogP contribution in [0.15, 0.2) is 106 Å². The van der Waals surface area contributed by atoms with Gasteiger partial charge in [0.15, 0.2) is 4.80 Å². The van der Waals surface area contributed by atoms with E-state index >= 15 is 0 Å². The summed E-state index contributed by atoms with van der Waals surface area (Å²) in [5.41, 5.74) is 2.96. The fourth-order valence-electron chi connectivity index (χ4n) is 5.39. The second-order valence-corrected chi connectivity index (χ2v) is 11.6. The van der Waals surface area contributed by atoms with Crippen molar-refractivity contribution in [3.63, 3.8) is 0 Å². The van der Waals surface area contributed by atoms with Crippen LogP contribution >= 0.6 is 22.9 Å². The summed E-state index contributed by atoms with van der Waals surface area (Å²) < 4.78 is 19.3. The van der Waals surface area contributed by atoms with Crippen LogP contribution in [0, 0.1) is 0 Å². The Bertz CT molecular complexity index is 2100. The molecule has 1 aliphatic rings. The van der Waals surface area contributed by atoms with Crippen LogP contribution in [-0.2, 0) is 16.1 Å². The molecule has 44 heavy (non-hydrogen) atoms. The van der Waals surface area contributed by atoms with Crippen molar-refractivity contribution >= 4 is 45.8 Å². The fraction of sp³-hybridized carbons (Fsp3) is 0.171. The smallest absolute Gasteiger partial charge is 0.338 e. The van der Waals surface area contributed by atoms with Crippen LogP contribution in [0.1, 0.15) is 36.6 Å². The normalized spacial score (nSPS) is 14.7. The number of hydrogen-bond acceptors (Lipinski definition) is 7. The molecule has 2 heterocycles. The van der Waals surface area contributed by atoms with Crippen molar-refractivity contribution < 1.29 is 19.0 Å². The average molecular weight is 625 g/mol. The molecule has 6 rings (SSSR count). The molecule has 1 atom stereocenters. The first-order valence-electron chi connectivity index (χ1n) is 14.1. The lowest BCUT2D eigenvalue weighted by atomic mass is 9.90. The monoisotopic (exact) mass is 624 g/mol. The van der Waals surface area contributed by atoms with Crippen molar-refractivity contribution in [1.82, 2.24) is 4.57 Å². The maximum Gasteiger partial charge on any atom is 0.338 e. The molecular weight excluding hydrogens is 596 g/mol. The molecule has 0 amide bonds. The zero-order valence-corrected chi connectivity index (χ0v) is 25.9. The van der Waals surface area contributed by atoms with Crippen LogP contribution in [0.3, 0.4) is 0 Å². The lowest BCUT2D eigenvalue weighted by Gasteiger charge is -2.27. The number of ether oxygens (including phenoxy) is 3. The van der Waals surface area contributed by atoms with Crippen LogP contribution in [0.25, 0.3) is 16.8 Å². The molecule has 4 aromatic carbocycles. The first kappa shape index (κ1) is 29.4. The van der Waals surface area contributed by atoms with Gasteiger partial charge >= 0.3 is 5.97 Å². The fourth-order valence-corrected chi connectivity index (χ4v) is 6.63. The van der Waals surface area contributed by atoms with Gasteiger partial charge in [0.05, 0.1) is 29.5 Å². The molecule has 222 valence electrons. The van der Waals surface area contributed by atoms with Gasteiger partial charge in [-0.2, -0.15) is 0 Å². The molecule has 0 aliphatic carbocycles. The summed E-state index contributed by atoms with van der Waals surface area (Å²) >= 11 is 7.52. The van der Waals surface area contributed by atoms with E-state index in [1.807, 2.05) is 91.0 Å². The van der Waals surface area contributed by atoms with E-state index in [-0.39, 0.29) is 12.2 Å². The van der Waals surface area contributed by atoms with Gasteiger partial charge in [0, 0.05) is 16.1 Å². The van der Waals surface area contributed by atoms with E-state index in [2.05, 4.69) is 0 Å². The Labute approximate surface area is 262 Å². The Morgan fingerprint density at radius 2 is 1.77 bits per heavy atom.